The van der Waals surface area contributed by atoms with Crippen LogP contribution in [0.3, 0.4) is 0 Å². The minimum absolute atomic E-state index is 0.293. The number of thioether (sulfide) groups is 1. The van der Waals surface area contributed by atoms with E-state index in [-0.39, 0.29) is 11.9 Å². The highest BCUT2D eigenvalue weighted by molar-refractivity contribution is 8.03. The van der Waals surface area contributed by atoms with Gasteiger partial charge in [-0.15, -0.1) is 0 Å². The minimum atomic E-state index is -0.307. The fraction of sp³-hybridized carbons (Fsp3) is 0.182. The van der Waals surface area contributed by atoms with Crippen molar-refractivity contribution in [2.24, 2.45) is 0 Å². The third-order valence-corrected chi connectivity index (χ3v) is 5.93. The van der Waals surface area contributed by atoms with Crippen molar-refractivity contribution in [2.75, 3.05) is 22.9 Å². The molecule has 6 heteroatoms. The highest BCUT2D eigenvalue weighted by atomic mass is 32.2. The average molecular weight is 391 g/mol. The number of urea groups is 1. The number of rotatable bonds is 4. The molecule has 28 heavy (non-hydrogen) atoms. The Labute approximate surface area is 168 Å². The molecule has 1 saturated heterocycles. The number of hydrogen-bond acceptors (Lipinski definition) is 4. The van der Waals surface area contributed by atoms with E-state index in [4.69, 9.17) is 0 Å². The summed E-state index contributed by atoms with van der Waals surface area (Å²) >= 11 is 1.67. The monoisotopic (exact) mass is 391 g/mol. The zero-order valence-corrected chi connectivity index (χ0v) is 16.6. The van der Waals surface area contributed by atoms with E-state index >= 15 is 0 Å². The topological polar surface area (TPSA) is 43.9 Å². The normalized spacial score (nSPS) is 19.3. The molecule has 0 N–H and O–H groups in total. The van der Waals surface area contributed by atoms with Gasteiger partial charge in [-0.3, -0.25) is 9.69 Å². The number of allylic oxidation sites excluding steroid dienone is 2. The standard InChI is InChI=1S/C22H21N3O2S/c1-3-23-17-12-8-9-13-19(17)28-20(23)15-14-18-21(26)25(22(27)24(18)4-2)16-10-6-5-7-11-16/h5-15H,3-4H2,1-2H3. The van der Waals surface area contributed by atoms with Crippen LogP contribution in [0.1, 0.15) is 13.8 Å². The molecule has 0 unspecified atom stereocenters. The third kappa shape index (κ3) is 2.99. The number of nitrogens with zero attached hydrogens (tertiary/aromatic N) is 3. The van der Waals surface area contributed by atoms with Crippen molar-refractivity contribution < 1.29 is 9.59 Å². The van der Waals surface area contributed by atoms with Gasteiger partial charge in [0.15, 0.2) is 0 Å². The molecule has 2 aliphatic rings. The van der Waals surface area contributed by atoms with E-state index in [2.05, 4.69) is 24.0 Å². The van der Waals surface area contributed by atoms with Crippen molar-refractivity contribution in [2.45, 2.75) is 18.7 Å². The fourth-order valence-corrected chi connectivity index (χ4v) is 4.59. The Bertz CT molecular complexity index is 984. The predicted octanol–water partition coefficient (Wildman–Crippen LogP) is 4.83. The van der Waals surface area contributed by atoms with Crippen molar-refractivity contribution in [3.8, 4) is 0 Å². The van der Waals surface area contributed by atoms with Gasteiger partial charge in [0.1, 0.15) is 5.70 Å². The Kier molecular flexibility index (Phi) is 4.96. The maximum Gasteiger partial charge on any atom is 0.336 e. The van der Waals surface area contributed by atoms with Gasteiger partial charge >= 0.3 is 6.03 Å². The third-order valence-electron chi connectivity index (χ3n) is 4.80. The number of hydrogen-bond donors (Lipinski definition) is 0. The maximum atomic E-state index is 13.0. The van der Waals surface area contributed by atoms with Gasteiger partial charge in [-0.05, 0) is 50.3 Å². The number of likely N-dealkylation sites (N-methyl/N-ethyl adjacent to an activating group) is 1. The SMILES string of the molecule is CCN1C(=O)N(c2ccccc2)C(=O)C1=CC=C1Sc2ccccc2N1CC. The van der Waals surface area contributed by atoms with Gasteiger partial charge in [-0.25, -0.2) is 9.69 Å². The summed E-state index contributed by atoms with van der Waals surface area (Å²) in [6.45, 7) is 5.25. The molecule has 5 nitrogen and oxygen atoms in total. The van der Waals surface area contributed by atoms with E-state index in [0.717, 1.165) is 11.6 Å². The lowest BCUT2D eigenvalue weighted by Gasteiger charge is -2.17. The first-order valence-electron chi connectivity index (χ1n) is 9.33. The van der Waals surface area contributed by atoms with Crippen LogP contribution in [0.15, 0.2) is 82.4 Å². The number of anilines is 2. The first-order chi connectivity index (χ1) is 13.7. The first kappa shape index (κ1) is 18.4. The van der Waals surface area contributed by atoms with Gasteiger partial charge < -0.3 is 4.90 Å². The summed E-state index contributed by atoms with van der Waals surface area (Å²) in [5.41, 5.74) is 2.16. The van der Waals surface area contributed by atoms with Crippen molar-refractivity contribution in [1.82, 2.24) is 4.90 Å². The molecule has 0 aromatic heterocycles. The molecule has 0 radical (unpaired) electrons. The van der Waals surface area contributed by atoms with Crippen LogP contribution < -0.4 is 9.80 Å². The Hall–Kier alpha value is -2.99. The van der Waals surface area contributed by atoms with Crippen molar-refractivity contribution in [3.63, 3.8) is 0 Å². The number of amides is 3. The highest BCUT2D eigenvalue weighted by Crippen LogP contribution is 2.45. The lowest BCUT2D eigenvalue weighted by Crippen LogP contribution is -2.32. The number of para-hydroxylation sites is 2. The summed E-state index contributed by atoms with van der Waals surface area (Å²) in [7, 11) is 0. The van der Waals surface area contributed by atoms with E-state index in [0.29, 0.717) is 17.9 Å². The van der Waals surface area contributed by atoms with Crippen molar-refractivity contribution in [3.05, 3.63) is 77.5 Å². The number of carbonyl (C=O) groups is 2. The maximum absolute atomic E-state index is 13.0. The van der Waals surface area contributed by atoms with E-state index in [1.807, 2.05) is 43.3 Å². The van der Waals surface area contributed by atoms with Crippen LogP contribution in [0, 0.1) is 0 Å². The Morgan fingerprint density at radius 3 is 2.25 bits per heavy atom. The van der Waals surface area contributed by atoms with Crippen LogP contribution in [0.2, 0.25) is 0 Å². The summed E-state index contributed by atoms with van der Waals surface area (Å²) in [5.74, 6) is -0.293. The Balaban J connectivity index is 1.68. The summed E-state index contributed by atoms with van der Waals surface area (Å²) < 4.78 is 0. The fourth-order valence-electron chi connectivity index (χ4n) is 3.47. The molecule has 0 bridgehead atoms. The summed E-state index contributed by atoms with van der Waals surface area (Å²) in [6, 6.07) is 17.0. The molecule has 2 heterocycles. The van der Waals surface area contributed by atoms with Gasteiger partial charge in [0.05, 0.1) is 16.4 Å². The van der Waals surface area contributed by atoms with Gasteiger partial charge in [-0.2, -0.15) is 0 Å². The highest BCUT2D eigenvalue weighted by Gasteiger charge is 2.40. The lowest BCUT2D eigenvalue weighted by atomic mass is 10.2. The van der Waals surface area contributed by atoms with Gasteiger partial charge in [0, 0.05) is 18.0 Å². The number of fused-ring (bicyclic) bond motifs is 1. The second-order valence-electron chi connectivity index (χ2n) is 6.37. The largest absolute Gasteiger partial charge is 0.336 e. The summed E-state index contributed by atoms with van der Waals surface area (Å²) in [4.78, 5) is 32.0. The molecule has 2 aromatic carbocycles. The second-order valence-corrected chi connectivity index (χ2v) is 7.44. The molecule has 0 aliphatic carbocycles. The zero-order chi connectivity index (χ0) is 19.7. The van der Waals surface area contributed by atoms with Gasteiger partial charge in [0.25, 0.3) is 5.91 Å². The van der Waals surface area contributed by atoms with Crippen LogP contribution in [0.25, 0.3) is 0 Å². The van der Waals surface area contributed by atoms with Crippen LogP contribution in [-0.2, 0) is 4.79 Å². The molecular weight excluding hydrogens is 370 g/mol. The average Bonchev–Trinajstić information content (AvgIpc) is 3.20. The first-order valence-corrected chi connectivity index (χ1v) is 10.1. The molecule has 4 rings (SSSR count). The number of imide groups is 1. The molecule has 142 valence electrons. The minimum Gasteiger partial charge on any atom is -0.335 e. The lowest BCUT2D eigenvalue weighted by molar-refractivity contribution is -0.114. The van der Waals surface area contributed by atoms with Crippen molar-refractivity contribution >= 4 is 35.1 Å². The molecule has 2 aromatic rings. The zero-order valence-electron chi connectivity index (χ0n) is 15.8. The number of carbonyl (C=O) groups excluding carboxylic acids is 2. The number of benzene rings is 2. The molecule has 0 saturated carbocycles. The van der Waals surface area contributed by atoms with Crippen LogP contribution in [0.5, 0.6) is 0 Å². The predicted molar refractivity (Wildman–Crippen MR) is 113 cm³/mol. The smallest absolute Gasteiger partial charge is 0.335 e. The molecule has 0 atom stereocenters. The second kappa shape index (κ2) is 7.56. The molecule has 1 fully saturated rings. The van der Waals surface area contributed by atoms with Crippen LogP contribution >= 0.6 is 11.8 Å². The Morgan fingerprint density at radius 2 is 1.54 bits per heavy atom. The quantitative estimate of drug-likeness (QED) is 0.553. The molecular formula is C22H21N3O2S. The summed E-state index contributed by atoms with van der Waals surface area (Å²) in [6.07, 6.45) is 3.70. The van der Waals surface area contributed by atoms with E-state index in [1.54, 1.807) is 30.0 Å². The molecule has 3 amide bonds. The van der Waals surface area contributed by atoms with Gasteiger partial charge in [0.2, 0.25) is 0 Å². The van der Waals surface area contributed by atoms with Crippen molar-refractivity contribution in [1.29, 1.82) is 0 Å². The van der Waals surface area contributed by atoms with E-state index < -0.39 is 0 Å². The van der Waals surface area contributed by atoms with Gasteiger partial charge in [-0.1, -0.05) is 42.1 Å². The van der Waals surface area contributed by atoms with Crippen LogP contribution in [0.4, 0.5) is 16.2 Å². The van der Waals surface area contributed by atoms with E-state index in [1.165, 1.54) is 20.4 Å². The van der Waals surface area contributed by atoms with E-state index in [9.17, 15) is 9.59 Å². The molecule has 2 aliphatic heterocycles. The molecule has 0 spiro atoms. The Morgan fingerprint density at radius 1 is 0.857 bits per heavy atom. The summed E-state index contributed by atoms with van der Waals surface area (Å²) in [5, 5.41) is 1.05. The van der Waals surface area contributed by atoms with Crippen LogP contribution in [-0.4, -0.2) is 29.9 Å².